The summed E-state index contributed by atoms with van der Waals surface area (Å²) in [4.78, 5) is 22.7. The number of pyridine rings is 1. The lowest BCUT2D eigenvalue weighted by atomic mass is 10.0. The van der Waals surface area contributed by atoms with Gasteiger partial charge < -0.3 is 0 Å². The number of anilines is 1. The Hall–Kier alpha value is -3.12. The predicted octanol–water partition coefficient (Wildman–Crippen LogP) is 5.06. The molecule has 6 heteroatoms. The number of benzene rings is 2. The first-order chi connectivity index (χ1) is 12.6. The molecular weight excluding hydrogens is 349 g/mol. The van der Waals surface area contributed by atoms with E-state index in [9.17, 15) is 9.18 Å². The van der Waals surface area contributed by atoms with Gasteiger partial charge in [0.1, 0.15) is 5.82 Å². The smallest absolute Gasteiger partial charge is 0.258 e. The van der Waals surface area contributed by atoms with Crippen LogP contribution >= 0.6 is 11.3 Å². The Bertz CT molecular complexity index is 1110. The van der Waals surface area contributed by atoms with Crippen molar-refractivity contribution in [3.05, 3.63) is 77.1 Å². The minimum absolute atomic E-state index is 0.249. The molecule has 1 N–H and O–H groups in total. The minimum Gasteiger partial charge on any atom is -0.298 e. The van der Waals surface area contributed by atoms with E-state index in [4.69, 9.17) is 0 Å². The summed E-state index contributed by atoms with van der Waals surface area (Å²) in [6.07, 6.45) is 1.72. The third-order valence-corrected chi connectivity index (χ3v) is 4.77. The van der Waals surface area contributed by atoms with Crippen LogP contribution in [0.1, 0.15) is 15.2 Å². The first-order valence-corrected chi connectivity index (χ1v) is 8.81. The fourth-order valence-corrected chi connectivity index (χ4v) is 3.37. The number of thiazole rings is 1. The van der Waals surface area contributed by atoms with Crippen LogP contribution in [0.4, 0.5) is 9.52 Å². The quantitative estimate of drug-likeness (QED) is 0.554. The van der Waals surface area contributed by atoms with Crippen molar-refractivity contribution >= 4 is 33.3 Å². The predicted molar refractivity (Wildman–Crippen MR) is 102 cm³/mol. The number of aromatic nitrogens is 2. The summed E-state index contributed by atoms with van der Waals surface area (Å²) in [5, 5.41) is 4.15. The number of fused-ring (bicyclic) bond motifs is 1. The summed E-state index contributed by atoms with van der Waals surface area (Å²) < 4.78 is 13.2. The summed E-state index contributed by atoms with van der Waals surface area (Å²) in [6, 6.07) is 15.2. The SMILES string of the molecule is Cc1cnc(NC(=O)c2cc(-c3ccc(F)cc3)nc3ccccc23)s1. The minimum atomic E-state index is -0.313. The van der Waals surface area contributed by atoms with Crippen LogP contribution in [-0.2, 0) is 0 Å². The van der Waals surface area contributed by atoms with E-state index in [1.807, 2.05) is 31.2 Å². The van der Waals surface area contributed by atoms with Gasteiger partial charge in [0.25, 0.3) is 5.91 Å². The third kappa shape index (κ3) is 3.19. The van der Waals surface area contributed by atoms with E-state index < -0.39 is 0 Å². The van der Waals surface area contributed by atoms with Gasteiger partial charge in [0, 0.05) is 22.0 Å². The number of nitrogens with one attached hydrogen (secondary N) is 1. The number of rotatable bonds is 3. The number of hydrogen-bond donors (Lipinski definition) is 1. The van der Waals surface area contributed by atoms with Crippen LogP contribution in [0, 0.1) is 12.7 Å². The Kier molecular flexibility index (Phi) is 4.18. The molecule has 4 nitrogen and oxygen atoms in total. The summed E-state index contributed by atoms with van der Waals surface area (Å²) in [5.41, 5.74) is 2.57. The molecule has 4 aromatic rings. The van der Waals surface area contributed by atoms with E-state index in [1.54, 1.807) is 24.4 Å². The van der Waals surface area contributed by atoms with Crippen molar-refractivity contribution in [1.82, 2.24) is 9.97 Å². The van der Waals surface area contributed by atoms with Gasteiger partial charge in [-0.2, -0.15) is 0 Å². The Morgan fingerprint density at radius 3 is 2.62 bits per heavy atom. The second-order valence-electron chi connectivity index (χ2n) is 5.81. The van der Waals surface area contributed by atoms with Crippen molar-refractivity contribution in [2.24, 2.45) is 0 Å². The van der Waals surface area contributed by atoms with Gasteiger partial charge in [-0.3, -0.25) is 10.1 Å². The molecule has 0 saturated carbocycles. The number of para-hydroxylation sites is 1. The van der Waals surface area contributed by atoms with Gasteiger partial charge in [-0.05, 0) is 43.3 Å². The Morgan fingerprint density at radius 2 is 1.88 bits per heavy atom. The van der Waals surface area contributed by atoms with Gasteiger partial charge >= 0.3 is 0 Å². The first kappa shape index (κ1) is 16.4. The van der Waals surface area contributed by atoms with Crippen molar-refractivity contribution in [2.75, 3.05) is 5.32 Å². The highest BCUT2D eigenvalue weighted by atomic mass is 32.1. The highest BCUT2D eigenvalue weighted by Crippen LogP contribution is 2.26. The molecular formula is C20H14FN3OS. The van der Waals surface area contributed by atoms with Crippen molar-refractivity contribution in [2.45, 2.75) is 6.92 Å². The van der Waals surface area contributed by atoms with Crippen molar-refractivity contribution in [1.29, 1.82) is 0 Å². The van der Waals surface area contributed by atoms with Gasteiger partial charge in [0.15, 0.2) is 5.13 Å². The lowest BCUT2D eigenvalue weighted by molar-refractivity contribution is 0.102. The molecule has 0 aliphatic carbocycles. The van der Waals surface area contributed by atoms with Gasteiger partial charge in [-0.25, -0.2) is 14.4 Å². The molecule has 2 heterocycles. The summed E-state index contributed by atoms with van der Waals surface area (Å²) in [6.45, 7) is 1.93. The fourth-order valence-electron chi connectivity index (χ4n) is 2.71. The topological polar surface area (TPSA) is 54.9 Å². The molecule has 0 bridgehead atoms. The van der Waals surface area contributed by atoms with Crippen molar-refractivity contribution in [3.8, 4) is 11.3 Å². The largest absolute Gasteiger partial charge is 0.298 e. The van der Waals surface area contributed by atoms with Crippen LogP contribution in [-0.4, -0.2) is 15.9 Å². The molecule has 0 unspecified atom stereocenters. The van der Waals surface area contributed by atoms with E-state index in [-0.39, 0.29) is 11.7 Å². The lowest BCUT2D eigenvalue weighted by Gasteiger charge is -2.09. The number of hydrogen-bond acceptors (Lipinski definition) is 4. The highest BCUT2D eigenvalue weighted by Gasteiger charge is 2.15. The van der Waals surface area contributed by atoms with Gasteiger partial charge in [0.05, 0.1) is 16.8 Å². The molecule has 2 aromatic heterocycles. The number of carbonyl (C=O) groups excluding carboxylic acids is 1. The molecule has 0 atom stereocenters. The Balaban J connectivity index is 1.81. The average molecular weight is 363 g/mol. The maximum absolute atomic E-state index is 13.2. The summed E-state index contributed by atoms with van der Waals surface area (Å²) in [7, 11) is 0. The second kappa shape index (κ2) is 6.65. The van der Waals surface area contributed by atoms with E-state index in [2.05, 4.69) is 15.3 Å². The molecule has 1 amide bonds. The Morgan fingerprint density at radius 1 is 1.12 bits per heavy atom. The fraction of sp³-hybridized carbons (Fsp3) is 0.0500. The maximum Gasteiger partial charge on any atom is 0.258 e. The standard InChI is InChI=1S/C20H14FN3OS/c1-12-11-22-20(26-12)24-19(25)16-10-18(13-6-8-14(21)9-7-13)23-17-5-3-2-4-15(16)17/h2-11H,1H3,(H,22,24,25). The Labute approximate surface area is 153 Å². The van der Waals surface area contributed by atoms with E-state index in [0.717, 1.165) is 15.8 Å². The molecule has 0 fully saturated rings. The number of carbonyl (C=O) groups is 1. The monoisotopic (exact) mass is 363 g/mol. The maximum atomic E-state index is 13.2. The normalized spacial score (nSPS) is 10.8. The van der Waals surface area contributed by atoms with Crippen LogP contribution in [0.25, 0.3) is 22.2 Å². The van der Waals surface area contributed by atoms with Gasteiger partial charge in [0.2, 0.25) is 0 Å². The summed E-state index contributed by atoms with van der Waals surface area (Å²) in [5.74, 6) is -0.562. The van der Waals surface area contributed by atoms with Gasteiger partial charge in [-0.15, -0.1) is 11.3 Å². The third-order valence-electron chi connectivity index (χ3n) is 3.94. The number of halogens is 1. The number of nitrogens with zero attached hydrogens (tertiary/aromatic N) is 2. The molecule has 2 aromatic carbocycles. The van der Waals surface area contributed by atoms with E-state index in [1.165, 1.54) is 23.5 Å². The second-order valence-corrected chi connectivity index (χ2v) is 7.04. The van der Waals surface area contributed by atoms with Gasteiger partial charge in [-0.1, -0.05) is 18.2 Å². The van der Waals surface area contributed by atoms with Crippen LogP contribution in [0.3, 0.4) is 0 Å². The average Bonchev–Trinajstić information content (AvgIpc) is 3.06. The van der Waals surface area contributed by atoms with Crippen molar-refractivity contribution in [3.63, 3.8) is 0 Å². The zero-order valence-electron chi connectivity index (χ0n) is 13.9. The zero-order chi connectivity index (χ0) is 18.1. The molecule has 0 saturated heterocycles. The van der Waals surface area contributed by atoms with Crippen LogP contribution < -0.4 is 5.32 Å². The molecule has 0 radical (unpaired) electrons. The van der Waals surface area contributed by atoms with Crippen LogP contribution in [0.2, 0.25) is 0 Å². The highest BCUT2D eigenvalue weighted by molar-refractivity contribution is 7.15. The molecule has 128 valence electrons. The molecule has 0 spiro atoms. The van der Waals surface area contributed by atoms with E-state index >= 15 is 0 Å². The summed E-state index contributed by atoms with van der Waals surface area (Å²) >= 11 is 1.42. The zero-order valence-corrected chi connectivity index (χ0v) is 14.7. The van der Waals surface area contributed by atoms with Crippen LogP contribution in [0.5, 0.6) is 0 Å². The molecule has 0 aliphatic heterocycles. The number of amides is 1. The molecule has 26 heavy (non-hydrogen) atoms. The number of aryl methyl sites for hydroxylation is 1. The lowest BCUT2D eigenvalue weighted by Crippen LogP contribution is -2.12. The first-order valence-electron chi connectivity index (χ1n) is 8.00. The molecule has 0 aliphatic rings. The van der Waals surface area contributed by atoms with E-state index in [0.29, 0.717) is 21.9 Å². The van der Waals surface area contributed by atoms with Crippen molar-refractivity contribution < 1.29 is 9.18 Å². The molecule has 4 rings (SSSR count). The van der Waals surface area contributed by atoms with Crippen LogP contribution in [0.15, 0.2) is 60.8 Å².